The van der Waals surface area contributed by atoms with Crippen LogP contribution in [0.15, 0.2) is 34.9 Å². The maximum atomic E-state index is 8.84. The molecule has 1 aliphatic rings. The number of rotatable bonds is 5. The van der Waals surface area contributed by atoms with Crippen molar-refractivity contribution >= 4 is 0 Å². The molecular weight excluding hydrogens is 302 g/mol. The van der Waals surface area contributed by atoms with Crippen molar-refractivity contribution in [3.8, 4) is 17.5 Å². The van der Waals surface area contributed by atoms with Crippen LogP contribution in [-0.2, 0) is 0 Å². The topological polar surface area (TPSA) is 69.2 Å². The summed E-state index contributed by atoms with van der Waals surface area (Å²) in [5, 5.41) is 12.9. The van der Waals surface area contributed by atoms with E-state index >= 15 is 0 Å². The third kappa shape index (κ3) is 3.64. The van der Waals surface area contributed by atoms with Gasteiger partial charge in [0.1, 0.15) is 0 Å². The van der Waals surface area contributed by atoms with Gasteiger partial charge in [0.05, 0.1) is 18.5 Å². The number of benzene rings is 1. The Morgan fingerprint density at radius 2 is 1.79 bits per heavy atom. The minimum Gasteiger partial charge on any atom is -0.337 e. The highest BCUT2D eigenvalue weighted by Crippen LogP contribution is 2.23. The highest BCUT2D eigenvalue weighted by Gasteiger charge is 2.27. The van der Waals surface area contributed by atoms with Crippen molar-refractivity contribution in [2.24, 2.45) is 0 Å². The fourth-order valence-corrected chi connectivity index (χ4v) is 3.09. The van der Waals surface area contributed by atoms with Gasteiger partial charge in [0.25, 0.3) is 0 Å². The smallest absolute Gasteiger partial charge is 0.244 e. The van der Waals surface area contributed by atoms with Crippen LogP contribution in [-0.4, -0.2) is 52.2 Å². The summed E-state index contributed by atoms with van der Waals surface area (Å²) in [6, 6.07) is 12.5. The van der Waals surface area contributed by atoms with Gasteiger partial charge in [0, 0.05) is 37.8 Å². The van der Waals surface area contributed by atoms with Crippen LogP contribution in [0.2, 0.25) is 0 Å². The van der Waals surface area contributed by atoms with Crippen LogP contribution in [0.1, 0.15) is 32.2 Å². The minimum absolute atomic E-state index is 0.100. The highest BCUT2D eigenvalue weighted by atomic mass is 16.5. The average molecular weight is 325 g/mol. The van der Waals surface area contributed by atoms with Crippen LogP contribution < -0.4 is 0 Å². The van der Waals surface area contributed by atoms with E-state index in [1.54, 1.807) is 0 Å². The van der Waals surface area contributed by atoms with Gasteiger partial charge in [0.15, 0.2) is 0 Å². The quantitative estimate of drug-likeness (QED) is 0.842. The molecule has 0 radical (unpaired) electrons. The average Bonchev–Trinajstić information content (AvgIpc) is 3.12. The van der Waals surface area contributed by atoms with Crippen LogP contribution in [0.3, 0.4) is 0 Å². The van der Waals surface area contributed by atoms with Gasteiger partial charge in [-0.25, -0.2) is 0 Å². The molecule has 0 bridgehead atoms. The lowest BCUT2D eigenvalue weighted by molar-refractivity contribution is 0.0690. The molecule has 24 heavy (non-hydrogen) atoms. The lowest BCUT2D eigenvalue weighted by atomic mass is 10.1. The maximum absolute atomic E-state index is 8.84. The predicted molar refractivity (Wildman–Crippen MR) is 91.0 cm³/mol. The van der Waals surface area contributed by atoms with Gasteiger partial charge in [-0.1, -0.05) is 35.5 Å². The molecule has 6 nitrogen and oxygen atoms in total. The second-order valence-electron chi connectivity index (χ2n) is 6.28. The van der Waals surface area contributed by atoms with Crippen molar-refractivity contribution in [2.75, 3.05) is 26.2 Å². The van der Waals surface area contributed by atoms with Gasteiger partial charge in [0.2, 0.25) is 11.7 Å². The first-order chi connectivity index (χ1) is 11.7. The van der Waals surface area contributed by atoms with Gasteiger partial charge >= 0.3 is 0 Å². The summed E-state index contributed by atoms with van der Waals surface area (Å²) in [6.45, 7) is 8.04. The first-order valence-electron chi connectivity index (χ1n) is 8.43. The zero-order valence-electron chi connectivity index (χ0n) is 14.2. The number of nitriles is 1. The summed E-state index contributed by atoms with van der Waals surface area (Å²) in [6.07, 6.45) is 0.583. The number of hydrogen-bond acceptors (Lipinski definition) is 6. The highest BCUT2D eigenvalue weighted by molar-refractivity contribution is 5.53. The Morgan fingerprint density at radius 3 is 2.46 bits per heavy atom. The molecular formula is C18H23N5O. The van der Waals surface area contributed by atoms with E-state index in [0.29, 0.717) is 24.2 Å². The first kappa shape index (κ1) is 16.6. The molecule has 0 saturated carbocycles. The third-order valence-corrected chi connectivity index (χ3v) is 4.74. The normalized spacial score (nSPS) is 18.9. The summed E-state index contributed by atoms with van der Waals surface area (Å²) in [7, 11) is 0. The molecule has 126 valence electrons. The lowest BCUT2D eigenvalue weighted by Gasteiger charge is -2.39. The van der Waals surface area contributed by atoms with Crippen LogP contribution in [0.25, 0.3) is 11.4 Å². The van der Waals surface area contributed by atoms with E-state index in [0.717, 1.165) is 31.7 Å². The van der Waals surface area contributed by atoms with Crippen molar-refractivity contribution in [3.05, 3.63) is 36.2 Å². The molecule has 1 aromatic heterocycles. The van der Waals surface area contributed by atoms with E-state index < -0.39 is 0 Å². The van der Waals surface area contributed by atoms with Crippen molar-refractivity contribution in [2.45, 2.75) is 32.4 Å². The maximum Gasteiger partial charge on any atom is 0.244 e. The molecule has 0 N–H and O–H groups in total. The molecule has 2 atom stereocenters. The monoisotopic (exact) mass is 325 g/mol. The number of piperazine rings is 1. The third-order valence-electron chi connectivity index (χ3n) is 4.74. The molecule has 2 heterocycles. The molecule has 1 aliphatic heterocycles. The van der Waals surface area contributed by atoms with Crippen LogP contribution >= 0.6 is 0 Å². The molecule has 0 aliphatic carbocycles. The molecule has 0 spiro atoms. The van der Waals surface area contributed by atoms with Gasteiger partial charge in [-0.05, 0) is 13.8 Å². The molecule has 0 amide bonds. The van der Waals surface area contributed by atoms with Crippen molar-refractivity contribution in [3.63, 3.8) is 0 Å². The van der Waals surface area contributed by atoms with E-state index in [9.17, 15) is 0 Å². The summed E-state index contributed by atoms with van der Waals surface area (Å²) in [4.78, 5) is 9.29. The molecule has 1 fully saturated rings. The van der Waals surface area contributed by atoms with Crippen LogP contribution in [0.4, 0.5) is 0 Å². The standard InChI is InChI=1S/C18H23N5O/c1-14(8-9-19)22-10-12-23(13-11-22)15(2)18-20-17(21-24-18)16-6-4-3-5-7-16/h3-7,14-15H,8,10-13H2,1-2H3. The molecule has 2 aromatic rings. The van der Waals surface area contributed by atoms with E-state index in [-0.39, 0.29) is 6.04 Å². The van der Waals surface area contributed by atoms with E-state index in [1.807, 2.05) is 30.3 Å². The Kier molecular flexibility index (Phi) is 5.24. The fraction of sp³-hybridized carbons (Fsp3) is 0.500. The van der Waals surface area contributed by atoms with Crippen molar-refractivity contribution in [1.82, 2.24) is 19.9 Å². The Bertz CT molecular complexity index is 685. The van der Waals surface area contributed by atoms with Gasteiger partial charge < -0.3 is 4.52 Å². The largest absolute Gasteiger partial charge is 0.337 e. The first-order valence-corrected chi connectivity index (χ1v) is 8.43. The van der Waals surface area contributed by atoms with Crippen molar-refractivity contribution < 1.29 is 4.52 Å². The molecule has 2 unspecified atom stereocenters. The van der Waals surface area contributed by atoms with Gasteiger partial charge in [-0.2, -0.15) is 10.2 Å². The summed E-state index contributed by atoms with van der Waals surface area (Å²) >= 11 is 0. The second kappa shape index (κ2) is 7.56. The van der Waals surface area contributed by atoms with Crippen molar-refractivity contribution in [1.29, 1.82) is 5.26 Å². The van der Waals surface area contributed by atoms with E-state index in [2.05, 4.69) is 39.9 Å². The minimum atomic E-state index is 0.100. The molecule has 6 heteroatoms. The number of nitrogens with zero attached hydrogens (tertiary/aromatic N) is 5. The number of aromatic nitrogens is 2. The van der Waals surface area contributed by atoms with E-state index in [1.165, 1.54) is 0 Å². The zero-order valence-corrected chi connectivity index (χ0v) is 14.2. The Hall–Kier alpha value is -2.23. The second-order valence-corrected chi connectivity index (χ2v) is 6.28. The van der Waals surface area contributed by atoms with E-state index in [4.69, 9.17) is 9.78 Å². The van der Waals surface area contributed by atoms with Gasteiger partial charge in [-0.15, -0.1) is 0 Å². The Balaban J connectivity index is 1.61. The molecule has 3 rings (SSSR count). The SMILES string of the molecule is CC(CC#N)N1CCN(C(C)c2nc(-c3ccccc3)no2)CC1. The molecule has 1 saturated heterocycles. The zero-order chi connectivity index (χ0) is 16.9. The summed E-state index contributed by atoms with van der Waals surface area (Å²) < 4.78 is 5.49. The van der Waals surface area contributed by atoms with Crippen LogP contribution in [0, 0.1) is 11.3 Å². The fourth-order valence-electron chi connectivity index (χ4n) is 3.09. The Labute approximate surface area is 142 Å². The summed E-state index contributed by atoms with van der Waals surface area (Å²) in [5.74, 6) is 1.30. The Morgan fingerprint density at radius 1 is 1.12 bits per heavy atom. The molecule has 1 aromatic carbocycles. The summed E-state index contributed by atoms with van der Waals surface area (Å²) in [5.41, 5.74) is 0.967. The van der Waals surface area contributed by atoms with Gasteiger partial charge in [-0.3, -0.25) is 9.80 Å². The predicted octanol–water partition coefficient (Wildman–Crippen LogP) is 2.72. The van der Waals surface area contributed by atoms with Crippen LogP contribution in [0.5, 0.6) is 0 Å². The number of hydrogen-bond donors (Lipinski definition) is 0. The lowest BCUT2D eigenvalue weighted by Crippen LogP contribution is -2.50.